The van der Waals surface area contributed by atoms with Gasteiger partial charge in [-0.3, -0.25) is 24.3 Å². The van der Waals surface area contributed by atoms with Crippen molar-refractivity contribution >= 4 is 11.9 Å². The second-order valence-electron chi connectivity index (χ2n) is 13.0. The molecule has 1 saturated heterocycles. The molecule has 2 atom stereocenters. The second kappa shape index (κ2) is 28.0. The van der Waals surface area contributed by atoms with Gasteiger partial charge in [-0.25, -0.2) is 0 Å². The van der Waals surface area contributed by atoms with Gasteiger partial charge in [-0.1, -0.05) is 105 Å². The number of aliphatic hydroxyl groups excluding tert-OH is 1. The summed E-state index contributed by atoms with van der Waals surface area (Å²) in [5.74, 6) is -0.0612. The van der Waals surface area contributed by atoms with Crippen molar-refractivity contribution < 1.29 is 24.2 Å². The lowest BCUT2D eigenvalue weighted by Gasteiger charge is -2.35. The number of hydrogen-bond acceptors (Lipinski definition) is 8. The Balaban J connectivity index is 2.66. The third-order valence-corrected chi connectivity index (χ3v) is 9.21. The summed E-state index contributed by atoms with van der Waals surface area (Å²) in [6.45, 7) is 17.5. The van der Waals surface area contributed by atoms with Crippen LogP contribution in [0.25, 0.3) is 0 Å². The van der Waals surface area contributed by atoms with E-state index in [9.17, 15) is 14.7 Å². The Morgan fingerprint density at radius 2 is 1.00 bits per heavy atom. The lowest BCUT2D eigenvalue weighted by Crippen LogP contribution is -2.49. The number of rotatable bonds is 29. The highest BCUT2D eigenvalue weighted by Crippen LogP contribution is 2.20. The molecule has 2 unspecified atom stereocenters. The van der Waals surface area contributed by atoms with E-state index in [1.54, 1.807) is 0 Å². The molecule has 260 valence electrons. The van der Waals surface area contributed by atoms with E-state index in [2.05, 4.69) is 42.4 Å². The molecule has 0 saturated carbocycles. The molecular weight excluding hydrogens is 554 g/mol. The van der Waals surface area contributed by atoms with E-state index in [1.165, 1.54) is 38.5 Å². The van der Waals surface area contributed by atoms with Crippen LogP contribution in [0.3, 0.4) is 0 Å². The van der Waals surface area contributed by atoms with Gasteiger partial charge in [0, 0.05) is 58.9 Å². The number of β-amino-alcohol motifs (C(OH)–C–C–N with tert-alkyl or cyclic N) is 1. The number of ether oxygens (including phenoxy) is 2. The standard InChI is InChI=1S/C36H71N3O5/c1-5-9-13-15-19-33(17-11-7-3)35(41)43-31-28-39(26-23-37-21-24-38(25-22-37)27-30-40)29-32-44-36(42)34(18-12-8-4)20-16-14-10-6-2/h33-34,40H,5-32H2,1-4H3. The summed E-state index contributed by atoms with van der Waals surface area (Å²) < 4.78 is 11.7. The smallest absolute Gasteiger partial charge is 0.308 e. The van der Waals surface area contributed by atoms with E-state index in [-0.39, 0.29) is 30.4 Å². The average molecular weight is 626 g/mol. The molecule has 8 nitrogen and oxygen atoms in total. The zero-order valence-corrected chi connectivity index (χ0v) is 29.4. The minimum absolute atomic E-state index is 0.00816. The molecule has 0 aromatic rings. The highest BCUT2D eigenvalue weighted by molar-refractivity contribution is 5.72. The summed E-state index contributed by atoms with van der Waals surface area (Å²) in [5, 5.41) is 9.25. The number of aliphatic hydroxyl groups is 1. The van der Waals surface area contributed by atoms with Crippen LogP contribution in [0.5, 0.6) is 0 Å². The van der Waals surface area contributed by atoms with Gasteiger partial charge in [0.1, 0.15) is 13.2 Å². The van der Waals surface area contributed by atoms with Crippen LogP contribution >= 0.6 is 0 Å². The number of piperazine rings is 1. The number of esters is 2. The Kier molecular flexibility index (Phi) is 26.0. The topological polar surface area (TPSA) is 82.5 Å². The summed E-state index contributed by atoms with van der Waals surface area (Å²) in [6, 6.07) is 0. The summed E-state index contributed by atoms with van der Waals surface area (Å²) >= 11 is 0. The van der Waals surface area contributed by atoms with Crippen LogP contribution in [0, 0.1) is 11.8 Å². The monoisotopic (exact) mass is 626 g/mol. The number of unbranched alkanes of at least 4 members (excludes halogenated alkanes) is 8. The summed E-state index contributed by atoms with van der Waals surface area (Å²) in [4.78, 5) is 33.1. The Labute approximate surface area is 271 Å². The fourth-order valence-corrected chi connectivity index (χ4v) is 6.08. The van der Waals surface area contributed by atoms with E-state index in [0.717, 1.165) is 110 Å². The van der Waals surface area contributed by atoms with Crippen molar-refractivity contribution in [3.05, 3.63) is 0 Å². The molecule has 1 rings (SSSR count). The largest absolute Gasteiger partial charge is 0.464 e. The van der Waals surface area contributed by atoms with Gasteiger partial charge in [0.15, 0.2) is 0 Å². The maximum absolute atomic E-state index is 13.0. The van der Waals surface area contributed by atoms with E-state index in [4.69, 9.17) is 9.47 Å². The molecule has 0 aromatic heterocycles. The second-order valence-corrected chi connectivity index (χ2v) is 13.0. The maximum atomic E-state index is 13.0. The predicted octanol–water partition coefficient (Wildman–Crippen LogP) is 6.54. The van der Waals surface area contributed by atoms with E-state index in [0.29, 0.717) is 26.3 Å². The summed E-state index contributed by atoms with van der Waals surface area (Å²) in [7, 11) is 0. The third kappa shape index (κ3) is 20.0. The van der Waals surface area contributed by atoms with Crippen molar-refractivity contribution in [2.45, 2.75) is 130 Å². The Morgan fingerprint density at radius 1 is 0.591 bits per heavy atom. The molecule has 0 aromatic carbocycles. The van der Waals surface area contributed by atoms with Crippen LogP contribution in [0.2, 0.25) is 0 Å². The van der Waals surface area contributed by atoms with Gasteiger partial charge in [0.05, 0.1) is 18.4 Å². The van der Waals surface area contributed by atoms with Gasteiger partial charge in [-0.2, -0.15) is 0 Å². The third-order valence-electron chi connectivity index (χ3n) is 9.21. The summed E-state index contributed by atoms with van der Waals surface area (Å²) in [6.07, 6.45) is 17.4. The molecule has 0 bridgehead atoms. The first-order chi connectivity index (χ1) is 21.5. The van der Waals surface area contributed by atoms with Gasteiger partial charge >= 0.3 is 11.9 Å². The SMILES string of the molecule is CCCCCCC(CCCC)C(=O)OCCN(CCOC(=O)C(CCCC)CCCCCC)CCN1CCN(CCO)CC1. The predicted molar refractivity (Wildman–Crippen MR) is 182 cm³/mol. The molecule has 1 aliphatic rings. The van der Waals surface area contributed by atoms with Gasteiger partial charge in [0.25, 0.3) is 0 Å². The molecular formula is C36H71N3O5. The Hall–Kier alpha value is -1.22. The van der Waals surface area contributed by atoms with E-state index in [1.807, 2.05) is 0 Å². The number of hydrogen-bond donors (Lipinski definition) is 1. The van der Waals surface area contributed by atoms with Crippen LogP contribution in [-0.4, -0.2) is 110 Å². The first kappa shape index (κ1) is 40.8. The van der Waals surface area contributed by atoms with Gasteiger partial charge < -0.3 is 14.6 Å². The van der Waals surface area contributed by atoms with Crippen molar-refractivity contribution in [3.63, 3.8) is 0 Å². The van der Waals surface area contributed by atoms with E-state index >= 15 is 0 Å². The van der Waals surface area contributed by atoms with E-state index < -0.39 is 0 Å². The van der Waals surface area contributed by atoms with Crippen LogP contribution < -0.4 is 0 Å². The summed E-state index contributed by atoms with van der Waals surface area (Å²) in [5.41, 5.74) is 0. The molecule has 1 fully saturated rings. The molecule has 44 heavy (non-hydrogen) atoms. The molecule has 0 spiro atoms. The zero-order chi connectivity index (χ0) is 32.3. The highest BCUT2D eigenvalue weighted by atomic mass is 16.5. The molecule has 0 amide bonds. The van der Waals surface area contributed by atoms with Crippen molar-refractivity contribution in [2.24, 2.45) is 11.8 Å². The minimum atomic E-state index is -0.0387. The lowest BCUT2D eigenvalue weighted by molar-refractivity contribution is -0.150. The minimum Gasteiger partial charge on any atom is -0.464 e. The molecule has 0 radical (unpaired) electrons. The first-order valence-electron chi connectivity index (χ1n) is 18.6. The van der Waals surface area contributed by atoms with Crippen molar-refractivity contribution in [1.82, 2.24) is 14.7 Å². The quantitative estimate of drug-likeness (QED) is 0.0742. The fraction of sp³-hybridized carbons (Fsp3) is 0.944. The molecule has 8 heteroatoms. The van der Waals surface area contributed by atoms with Gasteiger partial charge in [-0.15, -0.1) is 0 Å². The maximum Gasteiger partial charge on any atom is 0.308 e. The first-order valence-corrected chi connectivity index (χ1v) is 18.6. The Bertz CT molecular complexity index is 645. The van der Waals surface area contributed by atoms with Gasteiger partial charge in [-0.05, 0) is 25.7 Å². The average Bonchev–Trinajstić information content (AvgIpc) is 3.03. The van der Waals surface area contributed by atoms with Crippen molar-refractivity contribution in [1.29, 1.82) is 0 Å². The fourth-order valence-electron chi connectivity index (χ4n) is 6.08. The zero-order valence-electron chi connectivity index (χ0n) is 29.4. The number of nitrogens with zero attached hydrogens (tertiary/aromatic N) is 3. The number of carbonyl (C=O) groups is 2. The molecule has 1 heterocycles. The normalized spacial score (nSPS) is 15.9. The highest BCUT2D eigenvalue weighted by Gasteiger charge is 2.22. The van der Waals surface area contributed by atoms with Crippen LogP contribution in [0.15, 0.2) is 0 Å². The van der Waals surface area contributed by atoms with Crippen LogP contribution in [0.4, 0.5) is 0 Å². The van der Waals surface area contributed by atoms with Crippen LogP contribution in [0.1, 0.15) is 130 Å². The van der Waals surface area contributed by atoms with Crippen LogP contribution in [-0.2, 0) is 19.1 Å². The molecule has 1 aliphatic heterocycles. The van der Waals surface area contributed by atoms with Crippen molar-refractivity contribution in [2.75, 3.05) is 78.7 Å². The number of carbonyl (C=O) groups excluding carboxylic acids is 2. The molecule has 1 N–H and O–H groups in total. The molecule has 0 aliphatic carbocycles. The Morgan fingerprint density at radius 3 is 1.41 bits per heavy atom. The van der Waals surface area contributed by atoms with Gasteiger partial charge in [0.2, 0.25) is 0 Å². The lowest BCUT2D eigenvalue weighted by atomic mass is 9.95. The van der Waals surface area contributed by atoms with Crippen molar-refractivity contribution in [3.8, 4) is 0 Å².